The molecule has 0 saturated carbocycles. The molecule has 0 heterocycles. The first-order chi connectivity index (χ1) is 8.16. The Kier molecular flexibility index (Phi) is 10.1. The van der Waals surface area contributed by atoms with Gasteiger partial charge in [-0.1, -0.05) is 0 Å². The van der Waals surface area contributed by atoms with E-state index in [1.807, 2.05) is 0 Å². The van der Waals surface area contributed by atoms with Crippen molar-refractivity contribution in [2.45, 2.75) is 25.8 Å². The molecule has 0 aliphatic heterocycles. The highest BCUT2D eigenvalue weighted by atomic mass is 16.4. The van der Waals surface area contributed by atoms with Gasteiger partial charge < -0.3 is 27.0 Å². The van der Waals surface area contributed by atoms with Gasteiger partial charge >= 0.3 is 11.9 Å². The van der Waals surface area contributed by atoms with Crippen LogP contribution in [0.15, 0.2) is 0 Å². The smallest absolute Gasteiger partial charge is 0.321 e. The van der Waals surface area contributed by atoms with Crippen LogP contribution in [-0.2, 0) is 19.2 Å². The Bertz CT molecular complexity index is 303. The van der Waals surface area contributed by atoms with Gasteiger partial charge in [0.15, 0.2) is 0 Å². The number of carbonyl (C=O) groups is 4. The summed E-state index contributed by atoms with van der Waals surface area (Å²) in [5, 5.41) is 18.5. The largest absolute Gasteiger partial charge is 0.481 e. The van der Waals surface area contributed by atoms with Crippen molar-refractivity contribution in [3.8, 4) is 0 Å². The second-order valence-corrected chi connectivity index (χ2v) is 3.24. The highest BCUT2D eigenvalue weighted by molar-refractivity contribution is 5.83. The van der Waals surface area contributed by atoms with Gasteiger partial charge in [-0.15, -0.1) is 0 Å². The van der Waals surface area contributed by atoms with Crippen LogP contribution in [-0.4, -0.2) is 46.6 Å². The van der Waals surface area contributed by atoms with Crippen LogP contribution in [0.2, 0.25) is 0 Å². The summed E-state index contributed by atoms with van der Waals surface area (Å²) in [4.78, 5) is 39.8. The molecule has 104 valence electrons. The fourth-order valence-corrected chi connectivity index (χ4v) is 0.650. The molecule has 7 N–H and O–H groups in total. The molecule has 18 heavy (non-hydrogen) atoms. The molecule has 0 fully saturated rings. The first-order valence-corrected chi connectivity index (χ1v) is 4.89. The zero-order valence-corrected chi connectivity index (χ0v) is 9.88. The van der Waals surface area contributed by atoms with E-state index in [-0.39, 0.29) is 25.3 Å². The highest BCUT2D eigenvalue weighted by Crippen LogP contribution is 1.84. The fraction of sp³-hybridized carbons (Fsp3) is 0.556. The van der Waals surface area contributed by atoms with E-state index < -0.39 is 23.9 Å². The van der Waals surface area contributed by atoms with Crippen LogP contribution in [0.3, 0.4) is 0 Å². The van der Waals surface area contributed by atoms with Crippen molar-refractivity contribution in [3.05, 3.63) is 0 Å². The molecular weight excluding hydrogens is 246 g/mol. The Morgan fingerprint density at radius 2 is 1.72 bits per heavy atom. The number of primary amides is 1. The van der Waals surface area contributed by atoms with Gasteiger partial charge in [-0.2, -0.15) is 0 Å². The summed E-state index contributed by atoms with van der Waals surface area (Å²) >= 11 is 0. The second-order valence-electron chi connectivity index (χ2n) is 3.24. The lowest BCUT2D eigenvalue weighted by Crippen LogP contribution is -2.34. The van der Waals surface area contributed by atoms with E-state index in [4.69, 9.17) is 15.9 Å². The van der Waals surface area contributed by atoms with Crippen LogP contribution in [0.4, 0.5) is 0 Å². The van der Waals surface area contributed by atoms with Crippen molar-refractivity contribution in [2.24, 2.45) is 11.5 Å². The average molecular weight is 263 g/mol. The standard InChI is InChI=1S/C5H9NO3.C4H8N2O3/c1-4(7)6-3-2-5(8)9;5-2(4(8)9)1-3(6)7/h2-3H2,1H3,(H,6,7)(H,8,9);2H,1,5H2,(H2,6,7)(H,8,9)/t;2-/m.0/s1. The summed E-state index contributed by atoms with van der Waals surface area (Å²) in [7, 11) is 0. The Morgan fingerprint density at radius 1 is 1.22 bits per heavy atom. The van der Waals surface area contributed by atoms with Crippen molar-refractivity contribution < 1.29 is 29.4 Å². The molecule has 0 aliphatic carbocycles. The van der Waals surface area contributed by atoms with E-state index in [1.165, 1.54) is 6.92 Å². The molecule has 0 aromatic carbocycles. The number of carboxylic acid groups (broad SMARTS) is 2. The molecule has 1 atom stereocenters. The lowest BCUT2D eigenvalue weighted by molar-refractivity contribution is -0.140. The fourth-order valence-electron chi connectivity index (χ4n) is 0.650. The molecule has 9 heteroatoms. The topological polar surface area (TPSA) is 173 Å². The number of carbonyl (C=O) groups excluding carboxylic acids is 2. The van der Waals surface area contributed by atoms with Gasteiger partial charge in [-0.3, -0.25) is 19.2 Å². The number of nitrogens with two attached hydrogens (primary N) is 2. The Labute approximate surface area is 103 Å². The zero-order valence-electron chi connectivity index (χ0n) is 9.88. The van der Waals surface area contributed by atoms with Crippen LogP contribution < -0.4 is 16.8 Å². The molecule has 0 aliphatic rings. The lowest BCUT2D eigenvalue weighted by Gasteiger charge is -1.99. The maximum absolute atomic E-state index is 10.1. The van der Waals surface area contributed by atoms with Crippen LogP contribution in [0.5, 0.6) is 0 Å². The third-order valence-electron chi connectivity index (χ3n) is 1.45. The minimum absolute atomic E-state index is 0.0143. The van der Waals surface area contributed by atoms with Gasteiger partial charge in [0.1, 0.15) is 6.04 Å². The molecule has 0 unspecified atom stereocenters. The summed E-state index contributed by atoms with van der Waals surface area (Å²) in [6, 6.07) is -1.16. The number of nitrogens with one attached hydrogen (secondary N) is 1. The van der Waals surface area contributed by atoms with Crippen molar-refractivity contribution >= 4 is 23.8 Å². The van der Waals surface area contributed by atoms with Crippen molar-refractivity contribution in [1.82, 2.24) is 5.32 Å². The summed E-state index contributed by atoms with van der Waals surface area (Å²) < 4.78 is 0. The van der Waals surface area contributed by atoms with E-state index in [0.29, 0.717) is 0 Å². The van der Waals surface area contributed by atoms with Crippen LogP contribution in [0.25, 0.3) is 0 Å². The van der Waals surface area contributed by atoms with Crippen molar-refractivity contribution in [2.75, 3.05) is 6.54 Å². The number of hydrogen-bond acceptors (Lipinski definition) is 5. The molecule has 0 aromatic heterocycles. The Hall–Kier alpha value is -2.16. The van der Waals surface area contributed by atoms with Gasteiger partial charge in [0.2, 0.25) is 11.8 Å². The van der Waals surface area contributed by atoms with E-state index in [9.17, 15) is 19.2 Å². The van der Waals surface area contributed by atoms with Crippen molar-refractivity contribution in [1.29, 1.82) is 0 Å². The molecule has 0 bridgehead atoms. The Balaban J connectivity index is 0. The summed E-state index contributed by atoms with van der Waals surface area (Å²) in [5.41, 5.74) is 9.57. The highest BCUT2D eigenvalue weighted by Gasteiger charge is 2.13. The third kappa shape index (κ3) is 16.3. The summed E-state index contributed by atoms with van der Waals surface area (Å²) in [6.45, 7) is 1.56. The first kappa shape index (κ1) is 18.2. The Morgan fingerprint density at radius 3 is 1.94 bits per heavy atom. The molecule has 9 nitrogen and oxygen atoms in total. The molecule has 0 spiro atoms. The normalized spacial score (nSPS) is 10.6. The van der Waals surface area contributed by atoms with Gasteiger partial charge in [-0.05, 0) is 0 Å². The second kappa shape index (κ2) is 10.0. The molecule has 0 aromatic rings. The van der Waals surface area contributed by atoms with E-state index in [2.05, 4.69) is 11.1 Å². The van der Waals surface area contributed by atoms with Gasteiger partial charge in [0.25, 0.3) is 0 Å². The predicted octanol–water partition coefficient (Wildman–Crippen LogP) is -2.13. The number of hydrogen-bond donors (Lipinski definition) is 5. The number of carboxylic acids is 2. The maximum Gasteiger partial charge on any atom is 0.321 e. The predicted molar refractivity (Wildman–Crippen MR) is 60.4 cm³/mol. The van der Waals surface area contributed by atoms with Gasteiger partial charge in [-0.25, -0.2) is 0 Å². The molecule has 0 saturated heterocycles. The van der Waals surface area contributed by atoms with Crippen LogP contribution >= 0.6 is 0 Å². The molecule has 0 rings (SSSR count). The summed E-state index contributed by atoms with van der Waals surface area (Å²) in [5.74, 6) is -3.02. The third-order valence-corrected chi connectivity index (χ3v) is 1.45. The molecular formula is C9H17N3O6. The number of aliphatic carboxylic acids is 2. The SMILES string of the molecule is CC(=O)NCCC(=O)O.NC(=O)C[C@H](N)C(=O)O. The number of rotatable bonds is 6. The average Bonchev–Trinajstić information content (AvgIpc) is 2.15. The molecule has 2 amide bonds. The zero-order chi connectivity index (χ0) is 14.7. The minimum atomic E-state index is -1.21. The summed E-state index contributed by atoms with van der Waals surface area (Å²) in [6.07, 6.45) is -0.324. The molecule has 0 radical (unpaired) electrons. The quantitative estimate of drug-likeness (QED) is 0.364. The van der Waals surface area contributed by atoms with Crippen LogP contribution in [0, 0.1) is 0 Å². The van der Waals surface area contributed by atoms with Gasteiger partial charge in [0, 0.05) is 13.5 Å². The minimum Gasteiger partial charge on any atom is -0.481 e. The first-order valence-electron chi connectivity index (χ1n) is 4.89. The van der Waals surface area contributed by atoms with E-state index in [1.54, 1.807) is 0 Å². The van der Waals surface area contributed by atoms with Crippen LogP contribution in [0.1, 0.15) is 19.8 Å². The lowest BCUT2D eigenvalue weighted by atomic mass is 10.2. The van der Waals surface area contributed by atoms with Crippen molar-refractivity contribution in [3.63, 3.8) is 0 Å². The maximum atomic E-state index is 10.1. The van der Waals surface area contributed by atoms with Gasteiger partial charge in [0.05, 0.1) is 12.8 Å². The monoisotopic (exact) mass is 263 g/mol. The van der Waals surface area contributed by atoms with E-state index >= 15 is 0 Å². The number of amides is 2. The van der Waals surface area contributed by atoms with E-state index in [0.717, 1.165) is 0 Å².